The number of hydrogen-bond acceptors (Lipinski definition) is 10. The lowest BCUT2D eigenvalue weighted by Gasteiger charge is -2.33. The number of pyridine rings is 1. The predicted molar refractivity (Wildman–Crippen MR) is 239 cm³/mol. The van der Waals surface area contributed by atoms with E-state index in [2.05, 4.69) is 44.8 Å². The van der Waals surface area contributed by atoms with Crippen LogP contribution in [-0.4, -0.2) is 63.3 Å². The van der Waals surface area contributed by atoms with Crippen molar-refractivity contribution in [2.24, 2.45) is 5.92 Å². The fourth-order valence-electron chi connectivity index (χ4n) is 8.11. The van der Waals surface area contributed by atoms with Crippen molar-refractivity contribution in [2.45, 2.75) is 44.2 Å². The maximum Gasteiger partial charge on any atom is 0.347 e. The van der Waals surface area contributed by atoms with Crippen LogP contribution in [0.4, 0.5) is 0 Å². The molecule has 12 heteroatoms. The zero-order chi connectivity index (χ0) is 43.8. The normalized spacial score (nSPS) is 14.8. The van der Waals surface area contributed by atoms with Gasteiger partial charge in [-0.05, 0) is 96.6 Å². The Morgan fingerprint density at radius 2 is 1.54 bits per heavy atom. The first-order chi connectivity index (χ1) is 30.6. The number of rotatable bonds is 16. The van der Waals surface area contributed by atoms with Crippen LogP contribution in [0.1, 0.15) is 62.9 Å². The molecular weight excluding hydrogens is 797 g/mol. The molecule has 0 bridgehead atoms. The number of nitrogens with one attached hydrogen (secondary N) is 3. The van der Waals surface area contributed by atoms with E-state index in [0.29, 0.717) is 51.3 Å². The third-order valence-electron chi connectivity index (χ3n) is 11.7. The Morgan fingerprint density at radius 3 is 2.30 bits per heavy atom. The van der Waals surface area contributed by atoms with Gasteiger partial charge in [-0.3, -0.25) is 14.5 Å². The highest BCUT2D eigenvalue weighted by atomic mass is 16.5. The molecule has 3 heterocycles. The second-order valence-corrected chi connectivity index (χ2v) is 16.0. The first kappa shape index (κ1) is 42.8. The van der Waals surface area contributed by atoms with Gasteiger partial charge >= 0.3 is 5.97 Å². The largest absolute Gasteiger partial charge is 0.506 e. The van der Waals surface area contributed by atoms with Gasteiger partial charge in [0.1, 0.15) is 17.3 Å². The van der Waals surface area contributed by atoms with Gasteiger partial charge in [0.15, 0.2) is 0 Å². The highest BCUT2D eigenvalue weighted by molar-refractivity contribution is 5.94. The number of fused-ring (bicyclic) bond motifs is 1. The lowest BCUT2D eigenvalue weighted by molar-refractivity contribution is -0.164. The summed E-state index contributed by atoms with van der Waals surface area (Å²) in [6.45, 7) is 3.71. The molecule has 5 aromatic carbocycles. The van der Waals surface area contributed by atoms with Gasteiger partial charge < -0.3 is 40.1 Å². The van der Waals surface area contributed by atoms with E-state index in [-0.39, 0.29) is 48.3 Å². The number of aromatic hydroxyl groups is 1. The summed E-state index contributed by atoms with van der Waals surface area (Å²) < 4.78 is 12.1. The second kappa shape index (κ2) is 19.5. The SMILES string of the molecule is O=C(NCc1ccc(-c2cccc(C(O)(C(=O)OCC3CCN(Cc4ccccc4)CC3)c3ccccc3)c2)o1)c1ccc(CNC[C@H](O)c2ccc(O)c3[nH]c(=O)ccc23)cc1. The van der Waals surface area contributed by atoms with E-state index in [9.17, 15) is 29.7 Å². The monoisotopic (exact) mass is 846 g/mol. The number of carbonyl (C=O) groups is 2. The minimum atomic E-state index is -2.06. The van der Waals surface area contributed by atoms with Crippen LogP contribution in [0.3, 0.4) is 0 Å². The molecule has 7 aromatic rings. The van der Waals surface area contributed by atoms with Crippen LogP contribution in [0, 0.1) is 5.92 Å². The second-order valence-electron chi connectivity index (χ2n) is 16.0. The number of aliphatic hydroxyl groups excluding tert-OH is 1. The average molecular weight is 847 g/mol. The molecule has 322 valence electrons. The van der Waals surface area contributed by atoms with Crippen LogP contribution < -0.4 is 16.2 Å². The highest BCUT2D eigenvalue weighted by Crippen LogP contribution is 2.35. The summed E-state index contributed by atoms with van der Waals surface area (Å²) in [5.74, 6) is 0.124. The van der Waals surface area contributed by atoms with E-state index < -0.39 is 17.7 Å². The van der Waals surface area contributed by atoms with Crippen molar-refractivity contribution in [2.75, 3.05) is 26.2 Å². The number of aliphatic hydroxyl groups is 2. The van der Waals surface area contributed by atoms with Crippen LogP contribution >= 0.6 is 0 Å². The third-order valence-corrected chi connectivity index (χ3v) is 11.7. The van der Waals surface area contributed by atoms with Gasteiger partial charge in [0, 0.05) is 47.8 Å². The molecule has 1 aliphatic rings. The van der Waals surface area contributed by atoms with Crippen LogP contribution in [0.5, 0.6) is 5.75 Å². The van der Waals surface area contributed by atoms with Crippen LogP contribution in [-0.2, 0) is 34.8 Å². The summed E-state index contributed by atoms with van der Waals surface area (Å²) in [5.41, 5.74) is 2.46. The molecule has 2 atom stereocenters. The number of likely N-dealkylation sites (tertiary alicyclic amines) is 1. The van der Waals surface area contributed by atoms with Gasteiger partial charge in [0.05, 0.1) is 24.8 Å². The molecule has 1 saturated heterocycles. The number of ether oxygens (including phenoxy) is 1. The van der Waals surface area contributed by atoms with E-state index in [1.807, 2.05) is 30.3 Å². The number of nitrogens with zero attached hydrogens (tertiary/aromatic N) is 1. The summed E-state index contributed by atoms with van der Waals surface area (Å²) in [5, 5.41) is 40.0. The Morgan fingerprint density at radius 1 is 0.810 bits per heavy atom. The molecule has 8 rings (SSSR count). The Kier molecular flexibility index (Phi) is 13.2. The molecule has 1 fully saturated rings. The molecule has 12 nitrogen and oxygen atoms in total. The fraction of sp³-hybridized carbons (Fsp3) is 0.235. The molecule has 1 unspecified atom stereocenters. The Balaban J connectivity index is 0.848. The van der Waals surface area contributed by atoms with Crippen molar-refractivity contribution < 1.29 is 34.1 Å². The molecule has 0 radical (unpaired) electrons. The van der Waals surface area contributed by atoms with Gasteiger partial charge in [0.2, 0.25) is 11.2 Å². The Labute approximate surface area is 364 Å². The minimum absolute atomic E-state index is 0.0711. The van der Waals surface area contributed by atoms with Crippen molar-refractivity contribution in [1.82, 2.24) is 20.5 Å². The van der Waals surface area contributed by atoms with E-state index in [1.165, 1.54) is 17.7 Å². The number of aromatic nitrogens is 1. The molecule has 1 amide bonds. The maximum atomic E-state index is 13.9. The van der Waals surface area contributed by atoms with Crippen LogP contribution in [0.2, 0.25) is 0 Å². The number of amides is 1. The molecule has 0 aliphatic carbocycles. The quantitative estimate of drug-likeness (QED) is 0.0559. The van der Waals surface area contributed by atoms with Crippen molar-refractivity contribution in [1.29, 1.82) is 0 Å². The Bertz CT molecular complexity index is 2710. The first-order valence-corrected chi connectivity index (χ1v) is 21.2. The zero-order valence-corrected chi connectivity index (χ0v) is 34.7. The topological polar surface area (TPSA) is 177 Å². The molecular formula is C51H50N4O8. The number of phenolic OH excluding ortho intramolecular Hbond substituents is 1. The van der Waals surface area contributed by atoms with E-state index in [1.54, 1.807) is 78.9 Å². The summed E-state index contributed by atoms with van der Waals surface area (Å²) >= 11 is 0. The maximum absolute atomic E-state index is 13.9. The minimum Gasteiger partial charge on any atom is -0.506 e. The third kappa shape index (κ3) is 10.1. The van der Waals surface area contributed by atoms with E-state index in [0.717, 1.165) is 38.0 Å². The van der Waals surface area contributed by atoms with Gasteiger partial charge in [-0.15, -0.1) is 0 Å². The highest BCUT2D eigenvalue weighted by Gasteiger charge is 2.42. The number of piperidine rings is 1. The van der Waals surface area contributed by atoms with Crippen LogP contribution in [0.25, 0.3) is 22.2 Å². The average Bonchev–Trinajstić information content (AvgIpc) is 3.80. The number of phenols is 1. The standard InChI is InChI=1S/C51H50N4O8/c56-44-21-19-42(43-20-23-47(58)54-48(43)44)45(57)31-52-29-34-14-16-37(17-15-34)49(59)53-30-41-18-22-46(63-41)38-10-7-13-40(28-38)51(61,39-11-5-2-6-12-39)50(60)62-33-36-24-26-55(27-25-36)32-35-8-3-1-4-9-35/h1-23,28,36,45,52,56-57,61H,24-27,29-33H2,(H,53,59)(H,54,58)/t45-,51?/m0/s1. The van der Waals surface area contributed by atoms with Crippen molar-refractivity contribution in [3.63, 3.8) is 0 Å². The van der Waals surface area contributed by atoms with Crippen LogP contribution in [0.15, 0.2) is 155 Å². The molecule has 63 heavy (non-hydrogen) atoms. The molecule has 1 aliphatic heterocycles. The number of hydrogen-bond donors (Lipinski definition) is 6. The Hall–Kier alpha value is -6.83. The number of benzene rings is 5. The molecule has 6 N–H and O–H groups in total. The molecule has 2 aromatic heterocycles. The number of carbonyl (C=O) groups excluding carboxylic acids is 2. The van der Waals surface area contributed by atoms with Gasteiger partial charge in [-0.25, -0.2) is 4.79 Å². The summed E-state index contributed by atoms with van der Waals surface area (Å²) in [7, 11) is 0. The number of aromatic amines is 1. The lowest BCUT2D eigenvalue weighted by atomic mass is 9.85. The number of H-pyrrole nitrogens is 1. The van der Waals surface area contributed by atoms with Gasteiger partial charge in [0.25, 0.3) is 5.91 Å². The summed E-state index contributed by atoms with van der Waals surface area (Å²) in [6.07, 6.45) is 0.895. The lowest BCUT2D eigenvalue weighted by Crippen LogP contribution is -2.40. The molecule has 0 saturated carbocycles. The van der Waals surface area contributed by atoms with Crippen molar-refractivity contribution >= 4 is 22.8 Å². The zero-order valence-electron chi connectivity index (χ0n) is 34.7. The smallest absolute Gasteiger partial charge is 0.347 e. The predicted octanol–water partition coefficient (Wildman–Crippen LogP) is 6.94. The number of esters is 1. The molecule has 0 spiro atoms. The fourth-order valence-corrected chi connectivity index (χ4v) is 8.11. The van der Waals surface area contributed by atoms with Gasteiger partial charge in [-0.1, -0.05) is 97.1 Å². The van der Waals surface area contributed by atoms with Gasteiger partial charge in [-0.2, -0.15) is 0 Å². The van der Waals surface area contributed by atoms with E-state index in [4.69, 9.17) is 9.15 Å². The van der Waals surface area contributed by atoms with E-state index >= 15 is 0 Å². The van der Waals surface area contributed by atoms with Crippen molar-refractivity contribution in [3.05, 3.63) is 195 Å². The first-order valence-electron chi connectivity index (χ1n) is 21.2. The summed E-state index contributed by atoms with van der Waals surface area (Å²) in [6, 6.07) is 42.9. The number of furan rings is 1. The van der Waals surface area contributed by atoms with Crippen molar-refractivity contribution in [3.8, 4) is 17.1 Å². The summed E-state index contributed by atoms with van der Waals surface area (Å²) in [4.78, 5) is 43.8.